The molecule has 2 nitrogen and oxygen atoms in total. The van der Waals surface area contributed by atoms with Crippen LogP contribution in [-0.2, 0) is 6.67 Å². The summed E-state index contributed by atoms with van der Waals surface area (Å²) in [5.74, 6) is -0.788. The molecular weight excluding hydrogens is 226 g/mol. The molecule has 0 radical (unpaired) electrons. The van der Waals surface area contributed by atoms with E-state index in [4.69, 9.17) is 11.6 Å². The van der Waals surface area contributed by atoms with Gasteiger partial charge in [0.05, 0.1) is 0 Å². The number of halogens is 5. The highest BCUT2D eigenvalue weighted by Gasteiger charge is 2.33. The third kappa shape index (κ3) is 2.73. The number of pyridine rings is 1. The van der Waals surface area contributed by atoms with E-state index in [1.54, 1.807) is 0 Å². The van der Waals surface area contributed by atoms with Gasteiger partial charge >= 0.3 is 6.36 Å². The molecule has 0 aromatic carbocycles. The van der Waals surface area contributed by atoms with Gasteiger partial charge in [-0.25, -0.2) is 9.37 Å². The van der Waals surface area contributed by atoms with Crippen LogP contribution in [0.4, 0.5) is 17.6 Å². The maximum Gasteiger partial charge on any atom is 0.573 e. The van der Waals surface area contributed by atoms with Crippen LogP contribution in [0.2, 0.25) is 5.15 Å². The number of rotatable bonds is 2. The summed E-state index contributed by atoms with van der Waals surface area (Å²) in [6.07, 6.45) is -3.81. The Morgan fingerprint density at radius 2 is 2.07 bits per heavy atom. The first kappa shape index (κ1) is 11.0. The molecule has 0 amide bonds. The minimum absolute atomic E-state index is 0.290. The molecule has 0 aliphatic rings. The minimum Gasteiger partial charge on any atom is -0.402 e. The van der Waals surface area contributed by atoms with Crippen molar-refractivity contribution < 1.29 is 22.3 Å². The Kier molecular flexibility index (Phi) is 3.15. The van der Waals surface area contributed by atoms with Crippen molar-refractivity contribution in [1.82, 2.24) is 4.98 Å². The van der Waals surface area contributed by atoms with E-state index < -0.39 is 23.9 Å². The molecule has 0 bridgehead atoms. The van der Waals surface area contributed by atoms with E-state index in [-0.39, 0.29) is 5.56 Å². The molecular formula is C7H4ClF4NO. The molecule has 0 aliphatic carbocycles. The summed E-state index contributed by atoms with van der Waals surface area (Å²) in [6, 6.07) is 1.06. The van der Waals surface area contributed by atoms with E-state index in [1.165, 1.54) is 0 Å². The summed E-state index contributed by atoms with van der Waals surface area (Å²) < 4.78 is 51.1. The molecule has 1 heterocycles. The van der Waals surface area contributed by atoms with Crippen molar-refractivity contribution in [2.45, 2.75) is 13.0 Å². The van der Waals surface area contributed by atoms with Crippen LogP contribution in [0.3, 0.4) is 0 Å². The molecule has 1 aromatic heterocycles. The summed E-state index contributed by atoms with van der Waals surface area (Å²) in [7, 11) is 0. The predicted molar refractivity (Wildman–Crippen MR) is 40.7 cm³/mol. The highest BCUT2D eigenvalue weighted by Crippen LogP contribution is 2.32. The van der Waals surface area contributed by atoms with Crippen LogP contribution in [0, 0.1) is 0 Å². The monoisotopic (exact) mass is 229 g/mol. The van der Waals surface area contributed by atoms with Crippen molar-refractivity contribution >= 4 is 11.6 Å². The van der Waals surface area contributed by atoms with E-state index >= 15 is 0 Å². The molecule has 1 rings (SSSR count). The topological polar surface area (TPSA) is 22.1 Å². The Bertz CT molecular complexity index is 328. The quantitative estimate of drug-likeness (QED) is 0.574. The Morgan fingerprint density at radius 3 is 2.57 bits per heavy atom. The summed E-state index contributed by atoms with van der Waals surface area (Å²) >= 11 is 5.31. The molecule has 0 aliphatic heterocycles. The van der Waals surface area contributed by atoms with Gasteiger partial charge in [0.2, 0.25) is 0 Å². The highest BCUT2D eigenvalue weighted by atomic mass is 35.5. The fourth-order valence-corrected chi connectivity index (χ4v) is 1.00. The van der Waals surface area contributed by atoms with Gasteiger partial charge in [-0.3, -0.25) is 0 Å². The Morgan fingerprint density at radius 1 is 1.43 bits per heavy atom. The molecule has 78 valence electrons. The third-order valence-electron chi connectivity index (χ3n) is 1.30. The zero-order valence-electron chi connectivity index (χ0n) is 6.61. The maximum absolute atomic E-state index is 12.2. The van der Waals surface area contributed by atoms with Gasteiger partial charge in [0.25, 0.3) is 0 Å². The van der Waals surface area contributed by atoms with Gasteiger partial charge in [-0.15, -0.1) is 13.2 Å². The second-order valence-electron chi connectivity index (χ2n) is 2.27. The number of aromatic nitrogens is 1. The molecule has 0 saturated carbocycles. The molecule has 0 unspecified atom stereocenters. The largest absolute Gasteiger partial charge is 0.573 e. The first-order chi connectivity index (χ1) is 6.44. The first-order valence-corrected chi connectivity index (χ1v) is 3.77. The van der Waals surface area contributed by atoms with Gasteiger partial charge in [0, 0.05) is 11.8 Å². The van der Waals surface area contributed by atoms with Crippen molar-refractivity contribution in [3.8, 4) is 5.75 Å². The van der Waals surface area contributed by atoms with Crippen molar-refractivity contribution in [1.29, 1.82) is 0 Å². The van der Waals surface area contributed by atoms with Gasteiger partial charge in [-0.2, -0.15) is 0 Å². The van der Waals surface area contributed by atoms with E-state index in [2.05, 4.69) is 9.72 Å². The maximum atomic E-state index is 12.2. The number of hydrogen-bond donors (Lipinski definition) is 0. The average Bonchev–Trinajstić information content (AvgIpc) is 2.06. The van der Waals surface area contributed by atoms with Crippen LogP contribution in [0.1, 0.15) is 5.56 Å². The lowest BCUT2D eigenvalue weighted by Gasteiger charge is -2.11. The standard InChI is InChI=1S/C7H4ClF4NO/c8-6-5(14-7(10,11)12)4(3-9)1-2-13-6/h1-2H,3H2. The second kappa shape index (κ2) is 4.00. The Balaban J connectivity index is 3.05. The van der Waals surface area contributed by atoms with Crippen LogP contribution in [-0.4, -0.2) is 11.3 Å². The van der Waals surface area contributed by atoms with Gasteiger partial charge in [0.15, 0.2) is 10.9 Å². The molecule has 14 heavy (non-hydrogen) atoms. The van der Waals surface area contributed by atoms with E-state index in [0.717, 1.165) is 12.3 Å². The van der Waals surface area contributed by atoms with Gasteiger partial charge in [-0.05, 0) is 6.07 Å². The predicted octanol–water partition coefficient (Wildman–Crippen LogP) is 3.10. The zero-order valence-corrected chi connectivity index (χ0v) is 7.36. The van der Waals surface area contributed by atoms with Crippen LogP contribution in [0.15, 0.2) is 12.3 Å². The lowest BCUT2D eigenvalue weighted by atomic mass is 10.3. The fourth-order valence-electron chi connectivity index (χ4n) is 0.788. The van der Waals surface area contributed by atoms with Crippen LogP contribution in [0.5, 0.6) is 5.75 Å². The van der Waals surface area contributed by atoms with Gasteiger partial charge in [0.1, 0.15) is 6.67 Å². The summed E-state index contributed by atoms with van der Waals surface area (Å²) in [5, 5.41) is -0.516. The van der Waals surface area contributed by atoms with Crippen molar-refractivity contribution in [3.63, 3.8) is 0 Å². The van der Waals surface area contributed by atoms with Crippen molar-refractivity contribution in [2.24, 2.45) is 0 Å². The lowest BCUT2D eigenvalue weighted by molar-refractivity contribution is -0.275. The highest BCUT2D eigenvalue weighted by molar-refractivity contribution is 6.30. The van der Waals surface area contributed by atoms with E-state index in [0.29, 0.717) is 0 Å². The molecule has 0 N–H and O–H groups in total. The van der Waals surface area contributed by atoms with Crippen molar-refractivity contribution in [2.75, 3.05) is 0 Å². The molecule has 1 aromatic rings. The molecule has 0 atom stereocenters. The fraction of sp³-hybridized carbons (Fsp3) is 0.286. The SMILES string of the molecule is FCc1ccnc(Cl)c1OC(F)(F)F. The van der Waals surface area contributed by atoms with Crippen LogP contribution in [0.25, 0.3) is 0 Å². The smallest absolute Gasteiger partial charge is 0.402 e. The van der Waals surface area contributed by atoms with Crippen LogP contribution < -0.4 is 4.74 Å². The molecule has 0 spiro atoms. The summed E-state index contributed by atoms with van der Waals surface area (Å²) in [6.45, 7) is -1.10. The van der Waals surface area contributed by atoms with Crippen LogP contribution >= 0.6 is 11.6 Å². The number of alkyl halides is 4. The van der Waals surface area contributed by atoms with Gasteiger partial charge < -0.3 is 4.74 Å². The summed E-state index contributed by atoms with van der Waals surface area (Å²) in [5.41, 5.74) is -0.290. The molecule has 0 saturated heterocycles. The minimum atomic E-state index is -4.91. The number of ether oxygens (including phenoxy) is 1. The second-order valence-corrected chi connectivity index (χ2v) is 2.63. The summed E-state index contributed by atoms with van der Waals surface area (Å²) in [4.78, 5) is 3.35. The number of nitrogens with zero attached hydrogens (tertiary/aromatic N) is 1. The molecule has 7 heteroatoms. The zero-order chi connectivity index (χ0) is 10.8. The lowest BCUT2D eigenvalue weighted by Crippen LogP contribution is -2.18. The number of hydrogen-bond acceptors (Lipinski definition) is 2. The van der Waals surface area contributed by atoms with E-state index in [9.17, 15) is 17.6 Å². The molecule has 0 fully saturated rings. The normalized spacial score (nSPS) is 11.5. The van der Waals surface area contributed by atoms with E-state index in [1.807, 2.05) is 0 Å². The van der Waals surface area contributed by atoms with Gasteiger partial charge in [-0.1, -0.05) is 11.6 Å². The first-order valence-electron chi connectivity index (χ1n) is 3.39. The Labute approximate surface area is 81.5 Å². The Hall–Kier alpha value is -1.04. The van der Waals surface area contributed by atoms with Crippen molar-refractivity contribution in [3.05, 3.63) is 23.0 Å². The third-order valence-corrected chi connectivity index (χ3v) is 1.57. The average molecular weight is 230 g/mol.